The minimum atomic E-state index is -0.745. The van der Waals surface area contributed by atoms with Crippen molar-refractivity contribution in [1.82, 2.24) is 10.3 Å². The highest BCUT2D eigenvalue weighted by atomic mass is 16.4. The number of benzene rings is 1. The van der Waals surface area contributed by atoms with E-state index in [4.69, 9.17) is 16.6 Å². The summed E-state index contributed by atoms with van der Waals surface area (Å²) < 4.78 is 0. The number of carboxylic acids is 1. The van der Waals surface area contributed by atoms with Gasteiger partial charge in [0.25, 0.3) is 5.91 Å². The number of primary amides is 1. The summed E-state index contributed by atoms with van der Waals surface area (Å²) in [7, 11) is 0. The van der Waals surface area contributed by atoms with Gasteiger partial charge in [-0.25, -0.2) is 0 Å². The molecule has 7 N–H and O–H groups in total. The third-order valence-corrected chi connectivity index (χ3v) is 3.68. The van der Waals surface area contributed by atoms with Gasteiger partial charge in [0, 0.05) is 24.5 Å². The molecular weight excluding hydrogens is 386 g/mol. The van der Waals surface area contributed by atoms with E-state index >= 15 is 0 Å². The van der Waals surface area contributed by atoms with Gasteiger partial charge in [0.2, 0.25) is 5.91 Å². The van der Waals surface area contributed by atoms with Gasteiger partial charge < -0.3 is 27.2 Å². The first-order valence-corrected chi connectivity index (χ1v) is 10.0. The van der Waals surface area contributed by atoms with Crippen molar-refractivity contribution < 1.29 is 19.5 Å². The van der Waals surface area contributed by atoms with Crippen molar-refractivity contribution in [2.24, 2.45) is 11.5 Å². The Balaban J connectivity index is 0.00000105. The number of anilines is 1. The van der Waals surface area contributed by atoms with E-state index in [9.17, 15) is 14.4 Å². The zero-order chi connectivity index (χ0) is 22.9. The summed E-state index contributed by atoms with van der Waals surface area (Å²) in [6.07, 6.45) is 3.53. The molecule has 0 aliphatic heterocycles. The number of carbonyl (C=O) groups is 3. The van der Waals surface area contributed by atoms with Crippen LogP contribution in [0.3, 0.4) is 0 Å². The van der Waals surface area contributed by atoms with Crippen LogP contribution in [0.1, 0.15) is 50.4 Å². The number of nitrogens with zero attached hydrogens (tertiary/aromatic N) is 1. The number of rotatable bonds is 9. The third-order valence-electron chi connectivity index (χ3n) is 3.68. The molecule has 0 bridgehead atoms. The maximum Gasteiger partial charge on any atom is 0.303 e. The van der Waals surface area contributed by atoms with Gasteiger partial charge in [-0.3, -0.25) is 19.4 Å². The summed E-state index contributed by atoms with van der Waals surface area (Å²) in [6, 6.07) is 7.56. The van der Waals surface area contributed by atoms with Gasteiger partial charge in [0.05, 0.1) is 23.3 Å². The summed E-state index contributed by atoms with van der Waals surface area (Å²) in [5, 5.41) is 14.4. The van der Waals surface area contributed by atoms with Crippen LogP contribution < -0.4 is 22.1 Å². The molecule has 0 saturated carbocycles. The Kier molecular flexibility index (Phi) is 14.0. The van der Waals surface area contributed by atoms with E-state index in [0.717, 1.165) is 23.7 Å². The second kappa shape index (κ2) is 15.7. The number of nitrogens with one attached hydrogen (secondary N) is 2. The quantitative estimate of drug-likeness (QED) is 0.389. The molecule has 0 fully saturated rings. The van der Waals surface area contributed by atoms with E-state index in [0.29, 0.717) is 24.3 Å². The number of fused-ring (bicyclic) bond motifs is 1. The normalized spacial score (nSPS) is 9.47. The van der Waals surface area contributed by atoms with Crippen molar-refractivity contribution in [1.29, 1.82) is 0 Å². The molecule has 2 amide bonds. The minimum Gasteiger partial charge on any atom is -0.481 e. The molecule has 0 aliphatic carbocycles. The van der Waals surface area contributed by atoms with Gasteiger partial charge >= 0.3 is 5.97 Å². The van der Waals surface area contributed by atoms with Crippen LogP contribution in [0.5, 0.6) is 0 Å². The fourth-order valence-electron chi connectivity index (χ4n) is 2.25. The Labute approximate surface area is 177 Å². The Morgan fingerprint density at radius 1 is 1.13 bits per heavy atom. The van der Waals surface area contributed by atoms with Gasteiger partial charge in [-0.1, -0.05) is 39.0 Å². The molecule has 0 atom stereocenters. The van der Waals surface area contributed by atoms with E-state index in [2.05, 4.69) is 15.6 Å². The van der Waals surface area contributed by atoms with Crippen LogP contribution in [0.25, 0.3) is 10.9 Å². The molecule has 0 aliphatic rings. The standard InChI is InChI=1S/C16H21N5O2.C3H6O2.C2H6/c17-7-3-4-8-19-15-11-5-1-2-6-13(11)20-9-12(15)16(23)21-10-14(18)22;1-2-3(4)5;1-2/h1-2,5-6,9H,3-4,7-8,10,17H2,(H2,18,22)(H,19,20)(H,21,23);2H2,1H3,(H,4,5);1-2H3. The topological polar surface area (TPSA) is 160 Å². The number of carbonyl (C=O) groups excluding carboxylic acids is 2. The first kappa shape index (κ1) is 26.8. The van der Waals surface area contributed by atoms with E-state index in [1.165, 1.54) is 6.20 Å². The Morgan fingerprint density at radius 2 is 1.77 bits per heavy atom. The average Bonchev–Trinajstić information content (AvgIpc) is 2.76. The first-order valence-electron chi connectivity index (χ1n) is 10.0. The molecule has 1 heterocycles. The Hall–Kier alpha value is -3.20. The number of para-hydroxylation sites is 1. The van der Waals surface area contributed by atoms with Gasteiger partial charge in [-0.2, -0.15) is 0 Å². The fourth-order valence-corrected chi connectivity index (χ4v) is 2.25. The van der Waals surface area contributed by atoms with Crippen molar-refractivity contribution in [3.05, 3.63) is 36.0 Å². The van der Waals surface area contributed by atoms with E-state index in [1.807, 2.05) is 38.1 Å². The number of unbranched alkanes of at least 4 members (excludes halogenated alkanes) is 1. The molecule has 30 heavy (non-hydrogen) atoms. The highest BCUT2D eigenvalue weighted by Gasteiger charge is 2.15. The molecule has 1 aromatic carbocycles. The zero-order valence-corrected chi connectivity index (χ0v) is 17.9. The first-order chi connectivity index (χ1) is 14.4. The second-order valence-electron chi connectivity index (χ2n) is 5.88. The lowest BCUT2D eigenvalue weighted by Crippen LogP contribution is -2.33. The van der Waals surface area contributed by atoms with Crippen molar-refractivity contribution in [3.8, 4) is 0 Å². The van der Waals surface area contributed by atoms with Crippen LogP contribution in [0.2, 0.25) is 0 Å². The molecule has 1 aromatic heterocycles. The maximum atomic E-state index is 12.3. The van der Waals surface area contributed by atoms with Crippen LogP contribution >= 0.6 is 0 Å². The highest BCUT2D eigenvalue weighted by molar-refractivity contribution is 6.07. The molecule has 0 radical (unpaired) electrons. The number of nitrogens with two attached hydrogens (primary N) is 2. The van der Waals surface area contributed by atoms with Crippen molar-refractivity contribution in [2.45, 2.75) is 40.0 Å². The van der Waals surface area contributed by atoms with Crippen LogP contribution in [0.4, 0.5) is 5.69 Å². The number of aliphatic carboxylic acids is 1. The lowest BCUT2D eigenvalue weighted by atomic mass is 10.1. The van der Waals surface area contributed by atoms with Crippen LogP contribution in [0, 0.1) is 0 Å². The number of aromatic nitrogens is 1. The van der Waals surface area contributed by atoms with E-state index in [-0.39, 0.29) is 18.9 Å². The lowest BCUT2D eigenvalue weighted by Gasteiger charge is -2.14. The molecule has 9 heteroatoms. The molecule has 166 valence electrons. The van der Waals surface area contributed by atoms with Crippen molar-refractivity contribution in [3.63, 3.8) is 0 Å². The SMILES string of the molecule is CC.CCC(=O)O.NCCCCNc1c(C(=O)NCC(N)=O)cnc2ccccc12. The Bertz CT molecular complexity index is 811. The van der Waals surface area contributed by atoms with Gasteiger partial charge in [0.15, 0.2) is 0 Å². The van der Waals surface area contributed by atoms with E-state index in [1.54, 1.807) is 6.92 Å². The summed E-state index contributed by atoms with van der Waals surface area (Å²) in [6.45, 7) is 6.71. The zero-order valence-electron chi connectivity index (χ0n) is 17.9. The molecule has 0 spiro atoms. The molecule has 0 saturated heterocycles. The molecule has 2 rings (SSSR count). The smallest absolute Gasteiger partial charge is 0.303 e. The average molecular weight is 420 g/mol. The van der Waals surface area contributed by atoms with Gasteiger partial charge in [-0.15, -0.1) is 0 Å². The number of amides is 2. The lowest BCUT2D eigenvalue weighted by molar-refractivity contribution is -0.136. The van der Waals surface area contributed by atoms with Crippen molar-refractivity contribution >= 4 is 34.4 Å². The molecule has 9 nitrogen and oxygen atoms in total. The van der Waals surface area contributed by atoms with Gasteiger partial charge in [0.1, 0.15) is 0 Å². The maximum absolute atomic E-state index is 12.3. The summed E-state index contributed by atoms with van der Waals surface area (Å²) in [5.41, 5.74) is 12.4. The summed E-state index contributed by atoms with van der Waals surface area (Å²) in [4.78, 5) is 36.8. The van der Waals surface area contributed by atoms with E-state index < -0.39 is 11.9 Å². The largest absolute Gasteiger partial charge is 0.481 e. The predicted molar refractivity (Wildman–Crippen MR) is 119 cm³/mol. The monoisotopic (exact) mass is 419 g/mol. The minimum absolute atomic E-state index is 0.210. The number of carboxylic acid groups (broad SMARTS) is 1. The number of pyridine rings is 1. The third kappa shape index (κ3) is 9.83. The van der Waals surface area contributed by atoms with Crippen LogP contribution in [0.15, 0.2) is 30.5 Å². The summed E-state index contributed by atoms with van der Waals surface area (Å²) in [5.74, 6) is -1.72. The molecular formula is C21H33N5O4. The van der Waals surface area contributed by atoms with Gasteiger partial charge in [-0.05, 0) is 25.5 Å². The fraction of sp³-hybridized carbons (Fsp3) is 0.429. The highest BCUT2D eigenvalue weighted by Crippen LogP contribution is 2.25. The number of hydrogen-bond acceptors (Lipinski definition) is 6. The van der Waals surface area contributed by atoms with Crippen LogP contribution in [-0.2, 0) is 9.59 Å². The summed E-state index contributed by atoms with van der Waals surface area (Å²) >= 11 is 0. The molecule has 0 unspecified atom stereocenters. The molecule has 2 aromatic rings. The second-order valence-corrected chi connectivity index (χ2v) is 5.88. The van der Waals surface area contributed by atoms with Crippen molar-refractivity contribution in [2.75, 3.05) is 25.0 Å². The van der Waals surface area contributed by atoms with Crippen LogP contribution in [-0.4, -0.2) is 47.5 Å². The Morgan fingerprint density at radius 3 is 2.33 bits per heavy atom. The number of hydrogen-bond donors (Lipinski definition) is 5. The predicted octanol–water partition coefficient (Wildman–Crippen LogP) is 2.11.